The lowest BCUT2D eigenvalue weighted by Gasteiger charge is -2.18. The van der Waals surface area contributed by atoms with Crippen molar-refractivity contribution in [1.29, 1.82) is 0 Å². The lowest BCUT2D eigenvalue weighted by atomic mass is 10.0. The Kier molecular flexibility index (Phi) is 3.88. The van der Waals surface area contributed by atoms with Crippen molar-refractivity contribution in [3.8, 4) is 0 Å². The number of carbonyl (C=O) groups is 1. The van der Waals surface area contributed by atoms with Crippen LogP contribution in [0.3, 0.4) is 0 Å². The predicted molar refractivity (Wildman–Crippen MR) is 90.1 cm³/mol. The summed E-state index contributed by atoms with van der Waals surface area (Å²) in [7, 11) is -3.98. The zero-order valence-electron chi connectivity index (χ0n) is 13.8. The number of nitrogens with one attached hydrogen (secondary N) is 1. The number of aliphatic carboxylic acids is 1. The van der Waals surface area contributed by atoms with Gasteiger partial charge in [0.15, 0.2) is 0 Å². The van der Waals surface area contributed by atoms with E-state index in [0.29, 0.717) is 17.3 Å². The van der Waals surface area contributed by atoms with Gasteiger partial charge in [-0.1, -0.05) is 19.9 Å². The van der Waals surface area contributed by atoms with Crippen LogP contribution in [0.15, 0.2) is 35.4 Å². The minimum absolute atomic E-state index is 0.0613. The van der Waals surface area contributed by atoms with Crippen LogP contribution in [0.5, 0.6) is 0 Å². The van der Waals surface area contributed by atoms with E-state index in [1.165, 1.54) is 6.07 Å². The van der Waals surface area contributed by atoms with E-state index >= 15 is 0 Å². The number of carboxylic acids is 1. The van der Waals surface area contributed by atoms with E-state index in [1.54, 1.807) is 24.4 Å². The standard InChI is InChI=1S/C17H20N2O4S/c1-10(2)13-9-17(13,16(20)21)19-24(22,23)14-7-6-11(3)15-12(14)5-4-8-18-15/h4-8,10,13,19H,9H2,1-3H3,(H,20,21)/t13-,17+/m0/s1. The summed E-state index contributed by atoms with van der Waals surface area (Å²) in [5.74, 6) is -1.25. The fourth-order valence-corrected chi connectivity index (χ4v) is 4.93. The van der Waals surface area contributed by atoms with Gasteiger partial charge in [0.25, 0.3) is 0 Å². The number of rotatable bonds is 5. The van der Waals surface area contributed by atoms with Crippen LogP contribution in [0.25, 0.3) is 10.9 Å². The van der Waals surface area contributed by atoms with Crippen LogP contribution in [0.1, 0.15) is 25.8 Å². The number of sulfonamides is 1. The second-order valence-corrected chi connectivity index (χ2v) is 8.37. The lowest BCUT2D eigenvalue weighted by molar-refractivity contribution is -0.140. The summed E-state index contributed by atoms with van der Waals surface area (Å²) in [6, 6.07) is 6.54. The van der Waals surface area contributed by atoms with Crippen LogP contribution < -0.4 is 4.72 Å². The third kappa shape index (κ3) is 2.57. The van der Waals surface area contributed by atoms with Gasteiger partial charge in [-0.2, -0.15) is 4.72 Å². The molecule has 7 heteroatoms. The van der Waals surface area contributed by atoms with Gasteiger partial charge in [-0.3, -0.25) is 9.78 Å². The zero-order chi connectivity index (χ0) is 17.7. The van der Waals surface area contributed by atoms with Crippen molar-refractivity contribution < 1.29 is 18.3 Å². The number of hydrogen-bond acceptors (Lipinski definition) is 4. The number of aromatic nitrogens is 1. The molecule has 0 saturated heterocycles. The van der Waals surface area contributed by atoms with Crippen molar-refractivity contribution >= 4 is 26.9 Å². The molecular weight excluding hydrogens is 328 g/mol. The minimum Gasteiger partial charge on any atom is -0.480 e. The molecule has 3 rings (SSSR count). The molecule has 1 aromatic heterocycles. The molecule has 1 aliphatic rings. The Morgan fingerprint density at radius 1 is 1.38 bits per heavy atom. The highest BCUT2D eigenvalue weighted by Gasteiger charge is 2.63. The lowest BCUT2D eigenvalue weighted by Crippen LogP contribution is -2.45. The molecule has 2 N–H and O–H groups in total. The van der Waals surface area contributed by atoms with Gasteiger partial charge in [-0.25, -0.2) is 8.42 Å². The average Bonchev–Trinajstić information content (AvgIpc) is 3.23. The normalized spacial score (nSPS) is 23.6. The molecule has 1 heterocycles. The first kappa shape index (κ1) is 16.9. The molecule has 2 atom stereocenters. The minimum atomic E-state index is -3.98. The molecule has 1 saturated carbocycles. The third-order valence-electron chi connectivity index (χ3n) is 4.74. The maximum absolute atomic E-state index is 12.9. The molecule has 6 nitrogen and oxygen atoms in total. The molecule has 0 spiro atoms. The topological polar surface area (TPSA) is 96.4 Å². The summed E-state index contributed by atoms with van der Waals surface area (Å²) in [5, 5.41) is 10.0. The van der Waals surface area contributed by atoms with Crippen LogP contribution in [0.4, 0.5) is 0 Å². The van der Waals surface area contributed by atoms with Gasteiger partial charge in [-0.15, -0.1) is 0 Å². The van der Waals surface area contributed by atoms with E-state index < -0.39 is 21.5 Å². The molecular formula is C17H20N2O4S. The summed E-state index contributed by atoms with van der Waals surface area (Å²) >= 11 is 0. The second-order valence-electron chi connectivity index (χ2n) is 6.72. The molecule has 0 amide bonds. The van der Waals surface area contributed by atoms with E-state index in [9.17, 15) is 18.3 Å². The highest BCUT2D eigenvalue weighted by molar-refractivity contribution is 7.89. The zero-order valence-corrected chi connectivity index (χ0v) is 14.6. The Balaban J connectivity index is 2.07. The van der Waals surface area contributed by atoms with Gasteiger partial charge in [0, 0.05) is 11.6 Å². The molecule has 1 fully saturated rings. The van der Waals surface area contributed by atoms with Gasteiger partial charge < -0.3 is 5.11 Å². The summed E-state index contributed by atoms with van der Waals surface area (Å²) < 4.78 is 28.2. The molecule has 1 aliphatic carbocycles. The van der Waals surface area contributed by atoms with Crippen molar-refractivity contribution in [1.82, 2.24) is 9.71 Å². The van der Waals surface area contributed by atoms with Crippen molar-refractivity contribution in [3.05, 3.63) is 36.0 Å². The van der Waals surface area contributed by atoms with Crippen molar-refractivity contribution in [3.63, 3.8) is 0 Å². The molecule has 128 valence electrons. The van der Waals surface area contributed by atoms with Crippen LogP contribution >= 0.6 is 0 Å². The largest absolute Gasteiger partial charge is 0.480 e. The number of carboxylic acid groups (broad SMARTS) is 1. The average molecular weight is 348 g/mol. The van der Waals surface area contributed by atoms with Crippen LogP contribution in [0, 0.1) is 18.8 Å². The quantitative estimate of drug-likeness (QED) is 0.864. The number of pyridine rings is 1. The number of benzene rings is 1. The highest BCUT2D eigenvalue weighted by Crippen LogP contribution is 2.49. The maximum atomic E-state index is 12.9. The Bertz CT molecular complexity index is 923. The molecule has 0 radical (unpaired) electrons. The van der Waals surface area contributed by atoms with E-state index in [0.717, 1.165) is 5.56 Å². The smallest absolute Gasteiger partial charge is 0.325 e. The summed E-state index contributed by atoms with van der Waals surface area (Å²) in [6.45, 7) is 5.65. The van der Waals surface area contributed by atoms with E-state index in [1.807, 2.05) is 20.8 Å². The van der Waals surface area contributed by atoms with Gasteiger partial charge in [0.2, 0.25) is 10.0 Å². The fourth-order valence-electron chi connectivity index (χ4n) is 3.32. The summed E-state index contributed by atoms with van der Waals surface area (Å²) in [5.41, 5.74) is 0.0526. The van der Waals surface area contributed by atoms with Crippen molar-refractivity contribution in [2.45, 2.75) is 37.6 Å². The third-order valence-corrected chi connectivity index (χ3v) is 6.31. The SMILES string of the molecule is Cc1ccc(S(=O)(=O)N[C@]2(C(=O)O)C[C@H]2C(C)C)c2cccnc12. The number of nitrogens with zero attached hydrogens (tertiary/aromatic N) is 1. The molecule has 2 aromatic rings. The summed E-state index contributed by atoms with van der Waals surface area (Å²) in [4.78, 5) is 16.0. The molecule has 0 bridgehead atoms. The monoisotopic (exact) mass is 348 g/mol. The Hall–Kier alpha value is -1.99. The van der Waals surface area contributed by atoms with Crippen LogP contribution in [-0.2, 0) is 14.8 Å². The van der Waals surface area contributed by atoms with E-state index in [-0.39, 0.29) is 16.7 Å². The van der Waals surface area contributed by atoms with Gasteiger partial charge in [0.05, 0.1) is 10.4 Å². The van der Waals surface area contributed by atoms with Crippen LogP contribution in [0.2, 0.25) is 0 Å². The number of fused-ring (bicyclic) bond motifs is 1. The Labute approximate surface area is 141 Å². The molecule has 1 aromatic carbocycles. The van der Waals surface area contributed by atoms with Gasteiger partial charge in [-0.05, 0) is 48.9 Å². The van der Waals surface area contributed by atoms with Gasteiger partial charge >= 0.3 is 5.97 Å². The number of hydrogen-bond donors (Lipinski definition) is 2. The predicted octanol–water partition coefficient (Wildman–Crippen LogP) is 2.32. The molecule has 24 heavy (non-hydrogen) atoms. The fraction of sp³-hybridized carbons (Fsp3) is 0.412. The van der Waals surface area contributed by atoms with Gasteiger partial charge in [0.1, 0.15) is 5.54 Å². The second kappa shape index (κ2) is 5.53. The van der Waals surface area contributed by atoms with Crippen LogP contribution in [-0.4, -0.2) is 30.0 Å². The first-order valence-electron chi connectivity index (χ1n) is 7.81. The summed E-state index contributed by atoms with van der Waals surface area (Å²) in [6.07, 6.45) is 1.91. The Morgan fingerprint density at radius 3 is 2.67 bits per heavy atom. The molecule has 0 unspecified atom stereocenters. The van der Waals surface area contributed by atoms with Crippen molar-refractivity contribution in [2.75, 3.05) is 0 Å². The Morgan fingerprint density at radius 2 is 2.08 bits per heavy atom. The first-order chi connectivity index (χ1) is 11.2. The molecule has 0 aliphatic heterocycles. The van der Waals surface area contributed by atoms with E-state index in [2.05, 4.69) is 9.71 Å². The highest BCUT2D eigenvalue weighted by atomic mass is 32.2. The first-order valence-corrected chi connectivity index (χ1v) is 9.29. The maximum Gasteiger partial charge on any atom is 0.325 e. The number of aryl methyl sites for hydroxylation is 1. The van der Waals surface area contributed by atoms with Crippen molar-refractivity contribution in [2.24, 2.45) is 11.8 Å². The van der Waals surface area contributed by atoms with E-state index in [4.69, 9.17) is 0 Å².